The zero-order valence-electron chi connectivity index (χ0n) is 15.6. The number of nitrogens with zero attached hydrogens (tertiary/aromatic N) is 1. The molecule has 0 spiro atoms. The first kappa shape index (κ1) is 19.6. The summed E-state index contributed by atoms with van der Waals surface area (Å²) in [5, 5.41) is 10.9. The number of carbonyl (C=O) groups excluding carboxylic acids is 1. The van der Waals surface area contributed by atoms with Gasteiger partial charge in [-0.05, 0) is 42.5 Å². The number of aromatic nitrogens is 3. The van der Waals surface area contributed by atoms with Crippen LogP contribution in [-0.2, 0) is 11.0 Å². The minimum atomic E-state index is -4.42. The molecule has 0 saturated heterocycles. The summed E-state index contributed by atoms with van der Waals surface area (Å²) in [4.78, 5) is 14.4. The summed E-state index contributed by atoms with van der Waals surface area (Å²) in [6.07, 6.45) is -3.23. The van der Waals surface area contributed by atoms with Crippen LogP contribution in [0.25, 0.3) is 33.2 Å². The van der Waals surface area contributed by atoms with E-state index in [2.05, 4.69) is 27.1 Å². The van der Waals surface area contributed by atoms with Crippen molar-refractivity contribution in [1.29, 1.82) is 0 Å². The van der Waals surface area contributed by atoms with Gasteiger partial charge in [-0.15, -0.1) is 0 Å². The summed E-state index contributed by atoms with van der Waals surface area (Å²) in [6, 6.07) is 10.8. The van der Waals surface area contributed by atoms with Gasteiger partial charge in [-0.25, -0.2) is 0 Å². The molecule has 154 valence electrons. The second-order valence-corrected chi connectivity index (χ2v) is 6.57. The van der Waals surface area contributed by atoms with E-state index in [1.165, 1.54) is 12.1 Å². The maximum Gasteiger partial charge on any atom is 0.416 e. The molecule has 0 fully saturated rings. The second kappa shape index (κ2) is 7.58. The van der Waals surface area contributed by atoms with E-state index in [0.29, 0.717) is 34.6 Å². The largest absolute Gasteiger partial charge is 0.491 e. The Hall–Kier alpha value is -3.75. The van der Waals surface area contributed by atoms with Gasteiger partial charge in [0.15, 0.2) is 0 Å². The van der Waals surface area contributed by atoms with Crippen molar-refractivity contribution in [2.45, 2.75) is 6.18 Å². The Balaban J connectivity index is 1.62. The minimum Gasteiger partial charge on any atom is -0.491 e. The standard InChI is InChI=1S/C21H17F3N4O2/c1-2-19(29)25-8-9-30-18-5-3-4-15-14(18)11-17(26-15)20-13-7-6-12(21(22,23)24)10-16(13)27-28-20/h2-7,10-11,26H,1,8-9H2,(H,25,29)(H,27,28). The number of hydrogen-bond acceptors (Lipinski definition) is 3. The molecule has 9 heteroatoms. The van der Waals surface area contributed by atoms with Gasteiger partial charge in [-0.2, -0.15) is 18.3 Å². The van der Waals surface area contributed by atoms with Crippen LogP contribution in [-0.4, -0.2) is 34.2 Å². The second-order valence-electron chi connectivity index (χ2n) is 6.57. The number of rotatable bonds is 6. The van der Waals surface area contributed by atoms with Crippen LogP contribution in [0.15, 0.2) is 55.1 Å². The Morgan fingerprint density at radius 2 is 2.00 bits per heavy atom. The molecule has 4 aromatic rings. The lowest BCUT2D eigenvalue weighted by Crippen LogP contribution is -2.26. The van der Waals surface area contributed by atoms with E-state index in [4.69, 9.17) is 4.74 Å². The predicted molar refractivity (Wildman–Crippen MR) is 107 cm³/mol. The summed E-state index contributed by atoms with van der Waals surface area (Å²) >= 11 is 0. The molecule has 0 unspecified atom stereocenters. The predicted octanol–water partition coefficient (Wildman–Crippen LogP) is 4.41. The van der Waals surface area contributed by atoms with Crippen molar-refractivity contribution in [3.05, 3.63) is 60.7 Å². The molecule has 0 saturated carbocycles. The van der Waals surface area contributed by atoms with Gasteiger partial charge in [0.1, 0.15) is 18.1 Å². The van der Waals surface area contributed by atoms with Crippen LogP contribution in [0.5, 0.6) is 5.75 Å². The van der Waals surface area contributed by atoms with Crippen LogP contribution in [0.2, 0.25) is 0 Å². The van der Waals surface area contributed by atoms with Crippen molar-refractivity contribution in [3.8, 4) is 17.1 Å². The Morgan fingerprint density at radius 1 is 1.17 bits per heavy atom. The zero-order chi connectivity index (χ0) is 21.3. The lowest BCUT2D eigenvalue weighted by atomic mass is 10.1. The number of halogens is 3. The summed E-state index contributed by atoms with van der Waals surface area (Å²) in [5.74, 6) is 0.335. The Morgan fingerprint density at radius 3 is 2.77 bits per heavy atom. The first-order valence-corrected chi connectivity index (χ1v) is 9.07. The van der Waals surface area contributed by atoms with Crippen molar-refractivity contribution >= 4 is 27.7 Å². The molecule has 2 heterocycles. The molecular weight excluding hydrogens is 397 g/mol. The van der Waals surface area contributed by atoms with Crippen molar-refractivity contribution in [3.63, 3.8) is 0 Å². The molecule has 3 N–H and O–H groups in total. The number of amides is 1. The fourth-order valence-corrected chi connectivity index (χ4v) is 3.19. The van der Waals surface area contributed by atoms with E-state index in [9.17, 15) is 18.0 Å². The summed E-state index contributed by atoms with van der Waals surface area (Å²) in [7, 11) is 0. The van der Waals surface area contributed by atoms with Crippen molar-refractivity contribution in [2.24, 2.45) is 0 Å². The molecule has 0 aliphatic carbocycles. The number of benzene rings is 2. The monoisotopic (exact) mass is 414 g/mol. The number of fused-ring (bicyclic) bond motifs is 2. The van der Waals surface area contributed by atoms with E-state index in [0.717, 1.165) is 23.0 Å². The molecule has 0 aliphatic heterocycles. The number of carbonyl (C=O) groups is 1. The van der Waals surface area contributed by atoms with E-state index in [1.807, 2.05) is 18.2 Å². The van der Waals surface area contributed by atoms with Gasteiger partial charge in [-0.1, -0.05) is 12.6 Å². The van der Waals surface area contributed by atoms with Crippen LogP contribution in [0.3, 0.4) is 0 Å². The molecule has 0 radical (unpaired) electrons. The van der Waals surface area contributed by atoms with Crippen molar-refractivity contribution in [1.82, 2.24) is 20.5 Å². The molecule has 2 aromatic carbocycles. The third-order valence-electron chi connectivity index (χ3n) is 4.61. The maximum atomic E-state index is 12.9. The average molecular weight is 414 g/mol. The third kappa shape index (κ3) is 3.73. The van der Waals surface area contributed by atoms with E-state index in [-0.39, 0.29) is 12.5 Å². The third-order valence-corrected chi connectivity index (χ3v) is 4.61. The quantitative estimate of drug-likeness (QED) is 0.323. The fourth-order valence-electron chi connectivity index (χ4n) is 3.19. The lowest BCUT2D eigenvalue weighted by molar-refractivity contribution is -0.137. The van der Waals surface area contributed by atoms with Crippen molar-refractivity contribution < 1.29 is 22.7 Å². The fraction of sp³-hybridized carbons (Fsp3) is 0.143. The summed E-state index contributed by atoms with van der Waals surface area (Å²) in [6.45, 7) is 3.97. The Labute approximate surface area is 168 Å². The van der Waals surface area contributed by atoms with Gasteiger partial charge in [0.2, 0.25) is 5.91 Å². The molecule has 1 amide bonds. The number of hydrogen-bond donors (Lipinski definition) is 3. The highest BCUT2D eigenvalue weighted by atomic mass is 19.4. The van der Waals surface area contributed by atoms with Gasteiger partial charge >= 0.3 is 6.18 Å². The van der Waals surface area contributed by atoms with Crippen LogP contribution < -0.4 is 10.1 Å². The molecule has 0 bridgehead atoms. The Bertz CT molecular complexity index is 1240. The van der Waals surface area contributed by atoms with E-state index in [1.54, 1.807) is 6.07 Å². The van der Waals surface area contributed by atoms with E-state index >= 15 is 0 Å². The topological polar surface area (TPSA) is 82.8 Å². The minimum absolute atomic E-state index is 0.269. The molecule has 4 rings (SSSR count). The van der Waals surface area contributed by atoms with Gasteiger partial charge in [0, 0.05) is 16.3 Å². The molecule has 0 atom stereocenters. The van der Waals surface area contributed by atoms with Crippen LogP contribution in [0.4, 0.5) is 13.2 Å². The first-order chi connectivity index (χ1) is 14.4. The highest BCUT2D eigenvalue weighted by molar-refractivity contribution is 5.97. The summed E-state index contributed by atoms with van der Waals surface area (Å²) in [5.41, 5.74) is 1.51. The SMILES string of the molecule is C=CC(=O)NCCOc1cccc2[nH]c(-c3n[nH]c4cc(C(F)(F)F)ccc34)cc12. The van der Waals surface area contributed by atoms with Crippen LogP contribution in [0.1, 0.15) is 5.56 Å². The smallest absolute Gasteiger partial charge is 0.416 e. The number of ether oxygens (including phenoxy) is 1. The Kier molecular flexibility index (Phi) is 4.94. The van der Waals surface area contributed by atoms with E-state index < -0.39 is 11.7 Å². The average Bonchev–Trinajstić information content (AvgIpc) is 3.33. The molecule has 6 nitrogen and oxygen atoms in total. The number of alkyl halides is 3. The van der Waals surface area contributed by atoms with Gasteiger partial charge in [0.25, 0.3) is 0 Å². The highest BCUT2D eigenvalue weighted by Crippen LogP contribution is 2.35. The van der Waals surface area contributed by atoms with Gasteiger partial charge in [0.05, 0.1) is 23.3 Å². The van der Waals surface area contributed by atoms with Crippen LogP contribution >= 0.6 is 0 Å². The van der Waals surface area contributed by atoms with Gasteiger partial charge in [-0.3, -0.25) is 9.89 Å². The molecular formula is C21H17F3N4O2. The maximum absolute atomic E-state index is 12.9. The van der Waals surface area contributed by atoms with Crippen molar-refractivity contribution in [2.75, 3.05) is 13.2 Å². The molecule has 2 aromatic heterocycles. The normalized spacial score (nSPS) is 11.7. The lowest BCUT2D eigenvalue weighted by Gasteiger charge is -2.07. The highest BCUT2D eigenvalue weighted by Gasteiger charge is 2.31. The number of aromatic amines is 2. The van der Waals surface area contributed by atoms with Gasteiger partial charge < -0.3 is 15.0 Å². The van der Waals surface area contributed by atoms with Crippen LogP contribution in [0, 0.1) is 0 Å². The molecule has 0 aliphatic rings. The summed E-state index contributed by atoms with van der Waals surface area (Å²) < 4.78 is 44.6. The zero-order valence-corrected chi connectivity index (χ0v) is 15.6. The number of nitrogens with one attached hydrogen (secondary N) is 3. The molecule has 30 heavy (non-hydrogen) atoms. The first-order valence-electron chi connectivity index (χ1n) is 9.07. The number of H-pyrrole nitrogens is 2.